The van der Waals surface area contributed by atoms with Crippen LogP contribution in [-0.2, 0) is 4.79 Å². The number of likely N-dealkylation sites (N-methyl/N-ethyl adjacent to an activating group) is 2. The van der Waals surface area contributed by atoms with E-state index in [0.717, 1.165) is 18.8 Å². The quantitative estimate of drug-likeness (QED) is 0.827. The van der Waals surface area contributed by atoms with Gasteiger partial charge in [-0.05, 0) is 26.0 Å². The lowest BCUT2D eigenvalue weighted by Crippen LogP contribution is -2.39. The van der Waals surface area contributed by atoms with E-state index in [2.05, 4.69) is 4.98 Å². The molecule has 5 nitrogen and oxygen atoms in total. The number of carbonyl (C=O) groups is 1. The standard InChI is InChI=1S/C12H20N4O/c1-4-16(5-2)11(17)9-15(3)10-7-6-8-14-12(10)13/h6-8H,4-5,9H2,1-3H3,(H2,13,14). The smallest absolute Gasteiger partial charge is 0.242 e. The van der Waals surface area contributed by atoms with Crippen LogP contribution in [0.3, 0.4) is 0 Å². The summed E-state index contributed by atoms with van der Waals surface area (Å²) in [4.78, 5) is 19.5. The zero-order valence-corrected chi connectivity index (χ0v) is 10.7. The number of anilines is 2. The molecule has 1 rings (SSSR count). The first-order valence-electron chi connectivity index (χ1n) is 5.79. The molecule has 0 aliphatic heterocycles. The van der Waals surface area contributed by atoms with Gasteiger partial charge >= 0.3 is 0 Å². The second-order valence-electron chi connectivity index (χ2n) is 3.83. The fourth-order valence-corrected chi connectivity index (χ4v) is 1.70. The maximum atomic E-state index is 11.9. The van der Waals surface area contributed by atoms with E-state index in [1.54, 1.807) is 11.1 Å². The van der Waals surface area contributed by atoms with Gasteiger partial charge in [0.15, 0.2) is 0 Å². The van der Waals surface area contributed by atoms with E-state index < -0.39 is 0 Å². The molecule has 1 aromatic heterocycles. The molecule has 1 amide bonds. The Labute approximate surface area is 102 Å². The summed E-state index contributed by atoms with van der Waals surface area (Å²) in [5.74, 6) is 0.545. The van der Waals surface area contributed by atoms with E-state index >= 15 is 0 Å². The number of hydrogen-bond acceptors (Lipinski definition) is 4. The highest BCUT2D eigenvalue weighted by Crippen LogP contribution is 2.18. The molecule has 1 aromatic rings. The number of aromatic nitrogens is 1. The number of nitrogens with zero attached hydrogens (tertiary/aromatic N) is 3. The van der Waals surface area contributed by atoms with Gasteiger partial charge in [0.25, 0.3) is 0 Å². The van der Waals surface area contributed by atoms with Gasteiger partial charge in [0.2, 0.25) is 5.91 Å². The lowest BCUT2D eigenvalue weighted by molar-refractivity contribution is -0.129. The summed E-state index contributed by atoms with van der Waals surface area (Å²) in [6, 6.07) is 3.67. The largest absolute Gasteiger partial charge is 0.382 e. The minimum atomic E-state index is 0.0979. The van der Waals surface area contributed by atoms with Crippen LogP contribution in [-0.4, -0.2) is 42.5 Å². The summed E-state index contributed by atoms with van der Waals surface area (Å²) in [6.45, 7) is 5.72. The average Bonchev–Trinajstić information content (AvgIpc) is 2.31. The molecular formula is C12H20N4O. The van der Waals surface area contributed by atoms with Crippen molar-refractivity contribution in [1.82, 2.24) is 9.88 Å². The Bertz CT molecular complexity index is 377. The van der Waals surface area contributed by atoms with E-state index in [-0.39, 0.29) is 5.91 Å². The number of nitrogen functional groups attached to an aromatic ring is 1. The molecule has 0 saturated carbocycles. The summed E-state index contributed by atoms with van der Waals surface area (Å²) in [7, 11) is 1.84. The van der Waals surface area contributed by atoms with Crippen molar-refractivity contribution in [3.8, 4) is 0 Å². The fraction of sp³-hybridized carbons (Fsp3) is 0.500. The molecule has 0 aromatic carbocycles. The van der Waals surface area contributed by atoms with Crippen molar-refractivity contribution in [3.63, 3.8) is 0 Å². The van der Waals surface area contributed by atoms with Crippen molar-refractivity contribution >= 4 is 17.4 Å². The van der Waals surface area contributed by atoms with Gasteiger partial charge in [-0.15, -0.1) is 0 Å². The van der Waals surface area contributed by atoms with Crippen molar-refractivity contribution in [1.29, 1.82) is 0 Å². The van der Waals surface area contributed by atoms with Crippen LogP contribution in [0.2, 0.25) is 0 Å². The molecule has 1 heterocycles. The molecule has 0 aliphatic carbocycles. The minimum Gasteiger partial charge on any atom is -0.382 e. The van der Waals surface area contributed by atoms with Crippen LogP contribution < -0.4 is 10.6 Å². The van der Waals surface area contributed by atoms with Crippen LogP contribution in [0.4, 0.5) is 11.5 Å². The van der Waals surface area contributed by atoms with Gasteiger partial charge in [0.1, 0.15) is 5.82 Å². The van der Waals surface area contributed by atoms with E-state index in [9.17, 15) is 4.79 Å². The van der Waals surface area contributed by atoms with E-state index in [4.69, 9.17) is 5.73 Å². The molecule has 2 N–H and O–H groups in total. The third kappa shape index (κ3) is 3.34. The molecule has 0 radical (unpaired) electrons. The molecule has 0 atom stereocenters. The topological polar surface area (TPSA) is 62.5 Å². The maximum absolute atomic E-state index is 11.9. The summed E-state index contributed by atoms with van der Waals surface area (Å²) >= 11 is 0. The number of nitrogens with two attached hydrogens (primary N) is 1. The highest BCUT2D eigenvalue weighted by atomic mass is 16.2. The van der Waals surface area contributed by atoms with Crippen molar-refractivity contribution in [2.75, 3.05) is 37.3 Å². The van der Waals surface area contributed by atoms with Crippen LogP contribution in [0.1, 0.15) is 13.8 Å². The van der Waals surface area contributed by atoms with E-state index in [1.807, 2.05) is 37.9 Å². The normalized spacial score (nSPS) is 10.1. The van der Waals surface area contributed by atoms with Crippen molar-refractivity contribution < 1.29 is 4.79 Å². The molecule has 0 aliphatic rings. The van der Waals surface area contributed by atoms with Gasteiger partial charge in [-0.2, -0.15) is 0 Å². The van der Waals surface area contributed by atoms with Gasteiger partial charge < -0.3 is 15.5 Å². The number of pyridine rings is 1. The Morgan fingerprint density at radius 3 is 2.59 bits per heavy atom. The van der Waals surface area contributed by atoms with Crippen LogP contribution in [0.25, 0.3) is 0 Å². The van der Waals surface area contributed by atoms with Crippen molar-refractivity contribution in [2.45, 2.75) is 13.8 Å². The first kappa shape index (κ1) is 13.3. The second-order valence-corrected chi connectivity index (χ2v) is 3.83. The van der Waals surface area contributed by atoms with Gasteiger partial charge in [-0.3, -0.25) is 4.79 Å². The highest BCUT2D eigenvalue weighted by molar-refractivity contribution is 5.82. The fourth-order valence-electron chi connectivity index (χ4n) is 1.70. The Hall–Kier alpha value is -1.78. The van der Waals surface area contributed by atoms with Crippen molar-refractivity contribution in [3.05, 3.63) is 18.3 Å². The first-order valence-corrected chi connectivity index (χ1v) is 5.79. The highest BCUT2D eigenvalue weighted by Gasteiger charge is 2.14. The maximum Gasteiger partial charge on any atom is 0.242 e. The van der Waals surface area contributed by atoms with E-state index in [0.29, 0.717) is 12.4 Å². The lowest BCUT2D eigenvalue weighted by Gasteiger charge is -2.24. The predicted octanol–water partition coefficient (Wildman–Crippen LogP) is 0.968. The zero-order chi connectivity index (χ0) is 12.8. The summed E-state index contributed by atoms with van der Waals surface area (Å²) in [5.41, 5.74) is 6.55. The monoisotopic (exact) mass is 236 g/mol. The van der Waals surface area contributed by atoms with Crippen LogP contribution >= 0.6 is 0 Å². The third-order valence-corrected chi connectivity index (χ3v) is 2.72. The lowest BCUT2D eigenvalue weighted by atomic mass is 10.3. The second kappa shape index (κ2) is 6.08. The summed E-state index contributed by atoms with van der Waals surface area (Å²) in [6.07, 6.45) is 1.64. The molecule has 0 fully saturated rings. The molecule has 0 spiro atoms. The number of carbonyl (C=O) groups excluding carboxylic acids is 1. The molecule has 0 bridgehead atoms. The van der Waals surface area contributed by atoms with Crippen LogP contribution in [0, 0.1) is 0 Å². The minimum absolute atomic E-state index is 0.0979. The van der Waals surface area contributed by atoms with Gasteiger partial charge in [0, 0.05) is 26.3 Å². The van der Waals surface area contributed by atoms with Crippen molar-refractivity contribution in [2.24, 2.45) is 0 Å². The predicted molar refractivity (Wildman–Crippen MR) is 69.8 cm³/mol. The Kier molecular flexibility index (Phi) is 4.75. The Morgan fingerprint density at radius 1 is 1.41 bits per heavy atom. The van der Waals surface area contributed by atoms with Gasteiger partial charge in [-0.25, -0.2) is 4.98 Å². The van der Waals surface area contributed by atoms with Gasteiger partial charge in [0.05, 0.1) is 12.2 Å². The van der Waals surface area contributed by atoms with Gasteiger partial charge in [-0.1, -0.05) is 0 Å². The molecular weight excluding hydrogens is 216 g/mol. The van der Waals surface area contributed by atoms with E-state index in [1.165, 1.54) is 0 Å². The average molecular weight is 236 g/mol. The van der Waals surface area contributed by atoms with Crippen LogP contribution in [0.5, 0.6) is 0 Å². The first-order chi connectivity index (χ1) is 8.10. The Morgan fingerprint density at radius 2 is 2.06 bits per heavy atom. The summed E-state index contributed by atoms with van der Waals surface area (Å²) < 4.78 is 0. The molecule has 17 heavy (non-hydrogen) atoms. The zero-order valence-electron chi connectivity index (χ0n) is 10.7. The number of hydrogen-bond donors (Lipinski definition) is 1. The third-order valence-electron chi connectivity index (χ3n) is 2.72. The summed E-state index contributed by atoms with van der Waals surface area (Å²) in [5, 5.41) is 0. The molecule has 0 unspecified atom stereocenters. The molecule has 0 saturated heterocycles. The number of amides is 1. The SMILES string of the molecule is CCN(CC)C(=O)CN(C)c1cccnc1N. The van der Waals surface area contributed by atoms with Crippen LogP contribution in [0.15, 0.2) is 18.3 Å². The number of rotatable bonds is 5. The molecule has 94 valence electrons. The molecule has 5 heteroatoms. The Balaban J connectivity index is 2.70.